The quantitative estimate of drug-likeness (QED) is 0.685. The molecule has 0 nitrogen and oxygen atoms in total. The molecule has 0 saturated carbocycles. The molecule has 1 rings (SSSR count). The van der Waals surface area contributed by atoms with Gasteiger partial charge in [0.05, 0.1) is 12.3 Å². The Kier molecular flexibility index (Phi) is 7.22. The second-order valence-corrected chi connectivity index (χ2v) is 9.29. The van der Waals surface area contributed by atoms with Crippen LogP contribution in [0.4, 0.5) is 0 Å². The largest absolute Gasteiger partial charge is 1.00 e. The Morgan fingerprint density at radius 1 is 1.07 bits per heavy atom. The third kappa shape index (κ3) is 6.17. The summed E-state index contributed by atoms with van der Waals surface area (Å²) in [6, 6.07) is 10.9. The van der Waals surface area contributed by atoms with Gasteiger partial charge in [-0.25, -0.2) is 0 Å². The van der Waals surface area contributed by atoms with E-state index in [1.54, 1.807) is 0 Å². The van der Waals surface area contributed by atoms with Crippen LogP contribution < -0.4 is 12.4 Å². The Labute approximate surface area is 101 Å². The summed E-state index contributed by atoms with van der Waals surface area (Å²) in [5, 5.41) is 0. The Morgan fingerprint density at radius 3 is 2.20 bits per heavy atom. The first kappa shape index (κ1) is 14.9. The molecule has 0 heterocycles. The molecule has 0 spiro atoms. The van der Waals surface area contributed by atoms with Gasteiger partial charge in [-0.15, -0.1) is 0 Å². The van der Waals surface area contributed by atoms with Crippen molar-refractivity contribution in [1.29, 1.82) is 0 Å². The highest BCUT2D eigenvalue weighted by molar-refractivity contribution is 7.73. The minimum Gasteiger partial charge on any atom is -1.00 e. The van der Waals surface area contributed by atoms with Crippen molar-refractivity contribution in [3.05, 3.63) is 35.9 Å². The minimum absolute atomic E-state index is 0. The molecule has 0 aliphatic rings. The van der Waals surface area contributed by atoms with Gasteiger partial charge in [-0.2, -0.15) is 0 Å². The fraction of sp³-hybridized carbons (Fsp3) is 0.538. The third-order valence-electron chi connectivity index (χ3n) is 2.57. The minimum atomic E-state index is -0.681. The first-order valence-corrected chi connectivity index (χ1v) is 8.55. The molecule has 0 fully saturated rings. The van der Waals surface area contributed by atoms with Crippen molar-refractivity contribution < 1.29 is 12.4 Å². The summed E-state index contributed by atoms with van der Waals surface area (Å²) < 4.78 is 0. The number of unbranched alkanes of at least 4 members (excludes halogenated alkanes) is 1. The van der Waals surface area contributed by atoms with Crippen LogP contribution in [0.15, 0.2) is 30.3 Å². The zero-order valence-electron chi connectivity index (χ0n) is 10.0. The van der Waals surface area contributed by atoms with Gasteiger partial charge in [-0.05, 0) is 12.0 Å². The van der Waals surface area contributed by atoms with E-state index in [9.17, 15) is 0 Å². The molecule has 0 aliphatic heterocycles. The number of halogens is 1. The summed E-state index contributed by atoms with van der Waals surface area (Å²) in [4.78, 5) is 0. The normalized spacial score (nSPS) is 10.9. The van der Waals surface area contributed by atoms with Crippen LogP contribution in [0.3, 0.4) is 0 Å². The van der Waals surface area contributed by atoms with Crippen molar-refractivity contribution in [1.82, 2.24) is 0 Å². The number of rotatable bonds is 5. The predicted octanol–water partition coefficient (Wildman–Crippen LogP) is 1.27. The molecule has 0 saturated heterocycles. The molecule has 15 heavy (non-hydrogen) atoms. The van der Waals surface area contributed by atoms with Crippen LogP contribution in [0.25, 0.3) is 0 Å². The maximum atomic E-state index is 2.48. The molecule has 1 aromatic rings. The molecule has 86 valence electrons. The highest BCUT2D eigenvalue weighted by Crippen LogP contribution is 2.54. The van der Waals surface area contributed by atoms with Crippen LogP contribution in [0.5, 0.6) is 0 Å². The van der Waals surface area contributed by atoms with E-state index < -0.39 is 7.26 Å². The molecule has 0 unspecified atom stereocenters. The van der Waals surface area contributed by atoms with E-state index in [4.69, 9.17) is 0 Å². The SMILES string of the molecule is CCCC[P+](C)(C)Cc1ccccc1.[Cl-]. The number of hydrogen-bond donors (Lipinski definition) is 0. The van der Waals surface area contributed by atoms with Gasteiger partial charge in [0, 0.05) is 20.6 Å². The summed E-state index contributed by atoms with van der Waals surface area (Å²) in [6.45, 7) is 7.24. The predicted molar refractivity (Wildman–Crippen MR) is 68.7 cm³/mol. The standard InChI is InChI=1S/C13H22P.ClH/c1-4-5-11-14(2,3)12-13-9-7-6-8-10-13;/h6-10H,4-5,11-12H2,1-3H3;1H/q+1;/p-1. The van der Waals surface area contributed by atoms with Gasteiger partial charge in [0.1, 0.15) is 0 Å². The molecule has 0 atom stereocenters. The molecule has 0 amide bonds. The van der Waals surface area contributed by atoms with Gasteiger partial charge in [-0.3, -0.25) is 0 Å². The van der Waals surface area contributed by atoms with Crippen LogP contribution >= 0.6 is 7.26 Å². The summed E-state index contributed by atoms with van der Waals surface area (Å²) in [7, 11) is -0.681. The monoisotopic (exact) mass is 244 g/mol. The number of benzene rings is 1. The lowest BCUT2D eigenvalue weighted by Gasteiger charge is -2.17. The van der Waals surface area contributed by atoms with Gasteiger partial charge < -0.3 is 12.4 Å². The van der Waals surface area contributed by atoms with E-state index in [0.717, 1.165) is 0 Å². The van der Waals surface area contributed by atoms with Crippen LogP contribution in [0, 0.1) is 0 Å². The van der Waals surface area contributed by atoms with Crippen LogP contribution in [-0.2, 0) is 6.16 Å². The second kappa shape index (κ2) is 7.25. The smallest absolute Gasteiger partial charge is 0.0837 e. The second-order valence-electron chi connectivity index (χ2n) is 4.66. The molecule has 0 N–H and O–H groups in total. The average molecular weight is 245 g/mol. The van der Waals surface area contributed by atoms with Gasteiger partial charge >= 0.3 is 0 Å². The van der Waals surface area contributed by atoms with E-state index in [1.165, 1.54) is 30.7 Å². The van der Waals surface area contributed by atoms with Gasteiger partial charge in [0.25, 0.3) is 0 Å². The number of hydrogen-bond acceptors (Lipinski definition) is 0. The van der Waals surface area contributed by atoms with Crippen molar-refractivity contribution in [3.8, 4) is 0 Å². The van der Waals surface area contributed by atoms with Crippen LogP contribution in [-0.4, -0.2) is 19.5 Å². The van der Waals surface area contributed by atoms with Crippen LogP contribution in [0.1, 0.15) is 25.3 Å². The molecule has 0 aliphatic carbocycles. The fourth-order valence-corrected chi connectivity index (χ4v) is 4.27. The molecular formula is C13H22ClP. The van der Waals surface area contributed by atoms with Crippen molar-refractivity contribution in [2.24, 2.45) is 0 Å². The van der Waals surface area contributed by atoms with Gasteiger partial charge in [-0.1, -0.05) is 43.7 Å². The molecule has 1 aromatic carbocycles. The first-order valence-electron chi connectivity index (χ1n) is 5.50. The van der Waals surface area contributed by atoms with E-state index >= 15 is 0 Å². The third-order valence-corrected chi connectivity index (χ3v) is 5.32. The summed E-state index contributed by atoms with van der Waals surface area (Å²) >= 11 is 0. The van der Waals surface area contributed by atoms with Crippen molar-refractivity contribution in [3.63, 3.8) is 0 Å². The average Bonchev–Trinajstić information content (AvgIpc) is 2.16. The Balaban J connectivity index is 0.00000196. The Morgan fingerprint density at radius 2 is 1.67 bits per heavy atom. The summed E-state index contributed by atoms with van der Waals surface area (Å²) in [5.41, 5.74) is 1.52. The molecule has 2 heteroatoms. The highest BCUT2D eigenvalue weighted by atomic mass is 35.5. The van der Waals surface area contributed by atoms with E-state index in [-0.39, 0.29) is 12.4 Å². The maximum Gasteiger partial charge on any atom is 0.0837 e. The lowest BCUT2D eigenvalue weighted by atomic mass is 10.2. The highest BCUT2D eigenvalue weighted by Gasteiger charge is 2.24. The van der Waals surface area contributed by atoms with Crippen molar-refractivity contribution in [2.45, 2.75) is 25.9 Å². The Hall–Kier alpha value is -0.0600. The van der Waals surface area contributed by atoms with E-state index in [2.05, 4.69) is 50.6 Å². The lowest BCUT2D eigenvalue weighted by Crippen LogP contribution is -3.00. The summed E-state index contributed by atoms with van der Waals surface area (Å²) in [5.74, 6) is 0. The molecule has 0 bridgehead atoms. The van der Waals surface area contributed by atoms with Crippen molar-refractivity contribution >= 4 is 7.26 Å². The zero-order valence-corrected chi connectivity index (χ0v) is 11.7. The van der Waals surface area contributed by atoms with E-state index in [0.29, 0.717) is 0 Å². The maximum absolute atomic E-state index is 2.48. The van der Waals surface area contributed by atoms with Gasteiger partial charge in [0.2, 0.25) is 0 Å². The van der Waals surface area contributed by atoms with Gasteiger partial charge in [0.15, 0.2) is 0 Å². The first-order chi connectivity index (χ1) is 6.64. The van der Waals surface area contributed by atoms with Crippen molar-refractivity contribution in [2.75, 3.05) is 19.5 Å². The topological polar surface area (TPSA) is 0 Å². The fourth-order valence-electron chi connectivity index (χ4n) is 1.74. The molecular weight excluding hydrogens is 223 g/mol. The van der Waals surface area contributed by atoms with Crippen LogP contribution in [0.2, 0.25) is 0 Å². The van der Waals surface area contributed by atoms with E-state index in [1.807, 2.05) is 0 Å². The summed E-state index contributed by atoms with van der Waals surface area (Å²) in [6.07, 6.45) is 5.48. The lowest BCUT2D eigenvalue weighted by molar-refractivity contribution is -0.00000326. The Bertz CT molecular complexity index is 256. The molecule has 0 aromatic heterocycles. The molecule has 0 radical (unpaired) electrons. The zero-order chi connectivity index (χ0) is 10.4.